The third kappa shape index (κ3) is 3.67. The lowest BCUT2D eigenvalue weighted by molar-refractivity contribution is 0.0940. The normalized spacial score (nSPS) is 11.6. The second-order valence-electron chi connectivity index (χ2n) is 3.75. The Morgan fingerprint density at radius 3 is 2.81 bits per heavy atom. The molecular weight excluding hydrogens is 268 g/mol. The van der Waals surface area contributed by atoms with Gasteiger partial charge in [0.05, 0.1) is 12.5 Å². The average molecular weight is 281 g/mol. The fraction of sp³-hybridized carbons (Fsp3) is 0.333. The van der Waals surface area contributed by atoms with Gasteiger partial charge in [-0.1, -0.05) is 15.9 Å². The molecule has 0 aliphatic rings. The van der Waals surface area contributed by atoms with E-state index in [1.165, 1.54) is 0 Å². The molecule has 1 aromatic rings. The number of amides is 1. The van der Waals surface area contributed by atoms with Crippen LogP contribution in [0.15, 0.2) is 22.7 Å². The van der Waals surface area contributed by atoms with Crippen molar-refractivity contribution in [3.8, 4) is 6.07 Å². The van der Waals surface area contributed by atoms with Gasteiger partial charge >= 0.3 is 0 Å². The summed E-state index contributed by atoms with van der Waals surface area (Å²) in [4.78, 5) is 11.8. The summed E-state index contributed by atoms with van der Waals surface area (Å²) < 4.78 is 0.880. The molecule has 1 atom stereocenters. The van der Waals surface area contributed by atoms with Crippen molar-refractivity contribution in [2.45, 2.75) is 26.3 Å². The number of carbonyl (C=O) groups excluding carboxylic acids is 1. The average Bonchev–Trinajstić information content (AvgIpc) is 2.16. The van der Waals surface area contributed by atoms with Gasteiger partial charge in [-0.2, -0.15) is 5.26 Å². The third-order valence-corrected chi connectivity index (χ3v) is 2.54. The monoisotopic (exact) mass is 280 g/mol. The Labute approximate surface area is 104 Å². The molecule has 0 aromatic heterocycles. The van der Waals surface area contributed by atoms with Gasteiger partial charge in [0, 0.05) is 16.1 Å². The minimum atomic E-state index is -0.146. The summed E-state index contributed by atoms with van der Waals surface area (Å²) in [5.41, 5.74) is 1.63. The van der Waals surface area contributed by atoms with Gasteiger partial charge in [0.25, 0.3) is 5.91 Å². The molecular formula is C12H13BrN2O. The standard InChI is InChI=1S/C12H13BrN2O/c1-8-5-10(7-11(13)6-8)12(16)15-9(2)3-4-14/h5-7,9H,3H2,1-2H3,(H,15,16)/t9-/m1/s1. The number of nitrogens with one attached hydrogen (secondary N) is 1. The zero-order valence-corrected chi connectivity index (χ0v) is 10.8. The van der Waals surface area contributed by atoms with Crippen LogP contribution in [-0.2, 0) is 0 Å². The van der Waals surface area contributed by atoms with Crippen LogP contribution in [0.4, 0.5) is 0 Å². The Bertz CT molecular complexity index is 417. The van der Waals surface area contributed by atoms with Crippen LogP contribution in [0.5, 0.6) is 0 Å². The van der Waals surface area contributed by atoms with E-state index in [9.17, 15) is 4.79 Å². The van der Waals surface area contributed by atoms with E-state index in [1.807, 2.05) is 32.0 Å². The number of benzene rings is 1. The minimum Gasteiger partial charge on any atom is -0.349 e. The fourth-order valence-corrected chi connectivity index (χ4v) is 1.97. The molecule has 0 fully saturated rings. The van der Waals surface area contributed by atoms with Crippen molar-refractivity contribution >= 4 is 21.8 Å². The summed E-state index contributed by atoms with van der Waals surface area (Å²) in [5, 5.41) is 11.3. The number of aryl methyl sites for hydroxylation is 1. The second-order valence-corrected chi connectivity index (χ2v) is 4.67. The first-order chi connectivity index (χ1) is 7.52. The molecule has 0 bridgehead atoms. The van der Waals surface area contributed by atoms with Gasteiger partial charge in [0.15, 0.2) is 0 Å². The van der Waals surface area contributed by atoms with E-state index in [2.05, 4.69) is 21.2 Å². The zero-order valence-electron chi connectivity index (χ0n) is 9.25. The van der Waals surface area contributed by atoms with Gasteiger partial charge in [-0.25, -0.2) is 0 Å². The molecule has 0 saturated heterocycles. The van der Waals surface area contributed by atoms with Crippen LogP contribution in [0, 0.1) is 18.3 Å². The van der Waals surface area contributed by atoms with E-state index >= 15 is 0 Å². The van der Waals surface area contributed by atoms with E-state index in [4.69, 9.17) is 5.26 Å². The molecule has 1 N–H and O–H groups in total. The zero-order chi connectivity index (χ0) is 12.1. The molecule has 3 nitrogen and oxygen atoms in total. The van der Waals surface area contributed by atoms with Crippen LogP contribution in [0.3, 0.4) is 0 Å². The number of rotatable bonds is 3. The van der Waals surface area contributed by atoms with Crippen LogP contribution < -0.4 is 5.32 Å². The van der Waals surface area contributed by atoms with Gasteiger partial charge in [-0.15, -0.1) is 0 Å². The van der Waals surface area contributed by atoms with E-state index in [1.54, 1.807) is 6.07 Å². The Morgan fingerprint density at radius 1 is 1.56 bits per heavy atom. The third-order valence-electron chi connectivity index (χ3n) is 2.08. The molecule has 0 saturated carbocycles. The van der Waals surface area contributed by atoms with Gasteiger partial charge in [-0.05, 0) is 37.6 Å². The molecule has 4 heteroatoms. The number of nitriles is 1. The van der Waals surface area contributed by atoms with Crippen molar-refractivity contribution in [2.24, 2.45) is 0 Å². The van der Waals surface area contributed by atoms with Crippen molar-refractivity contribution in [1.29, 1.82) is 5.26 Å². The quantitative estimate of drug-likeness (QED) is 0.926. The molecule has 0 unspecified atom stereocenters. The van der Waals surface area contributed by atoms with Crippen molar-refractivity contribution in [3.63, 3.8) is 0 Å². The molecule has 1 aromatic carbocycles. The van der Waals surface area contributed by atoms with Crippen molar-refractivity contribution in [1.82, 2.24) is 5.32 Å². The first-order valence-corrected chi connectivity index (χ1v) is 5.77. The Hall–Kier alpha value is -1.34. The number of carbonyl (C=O) groups is 1. The van der Waals surface area contributed by atoms with Crippen LogP contribution in [0.25, 0.3) is 0 Å². The molecule has 84 valence electrons. The molecule has 0 aliphatic heterocycles. The van der Waals surface area contributed by atoms with Gasteiger partial charge in [0.1, 0.15) is 0 Å². The topological polar surface area (TPSA) is 52.9 Å². The Kier molecular flexibility index (Phi) is 4.51. The summed E-state index contributed by atoms with van der Waals surface area (Å²) in [6.45, 7) is 3.74. The van der Waals surface area contributed by atoms with E-state index in [-0.39, 0.29) is 11.9 Å². The first-order valence-electron chi connectivity index (χ1n) is 4.98. The molecule has 0 aliphatic carbocycles. The lowest BCUT2D eigenvalue weighted by Gasteiger charge is -2.10. The van der Waals surface area contributed by atoms with Gasteiger partial charge < -0.3 is 5.32 Å². The molecule has 1 amide bonds. The lowest BCUT2D eigenvalue weighted by Crippen LogP contribution is -2.32. The van der Waals surface area contributed by atoms with Gasteiger partial charge in [-0.3, -0.25) is 4.79 Å². The predicted molar refractivity (Wildman–Crippen MR) is 66.0 cm³/mol. The van der Waals surface area contributed by atoms with E-state index in [0.29, 0.717) is 12.0 Å². The Balaban J connectivity index is 2.77. The minimum absolute atomic E-state index is 0.128. The largest absolute Gasteiger partial charge is 0.349 e. The van der Waals surface area contributed by atoms with E-state index in [0.717, 1.165) is 10.0 Å². The van der Waals surface area contributed by atoms with Crippen LogP contribution in [0.2, 0.25) is 0 Å². The molecule has 0 spiro atoms. The highest BCUT2D eigenvalue weighted by Gasteiger charge is 2.10. The summed E-state index contributed by atoms with van der Waals surface area (Å²) in [6.07, 6.45) is 0.318. The van der Waals surface area contributed by atoms with Crippen molar-refractivity contribution in [3.05, 3.63) is 33.8 Å². The number of hydrogen-bond donors (Lipinski definition) is 1. The van der Waals surface area contributed by atoms with E-state index < -0.39 is 0 Å². The molecule has 0 radical (unpaired) electrons. The molecule has 16 heavy (non-hydrogen) atoms. The fourth-order valence-electron chi connectivity index (χ4n) is 1.36. The smallest absolute Gasteiger partial charge is 0.251 e. The SMILES string of the molecule is Cc1cc(Br)cc(C(=O)N[C@H](C)CC#N)c1. The highest BCUT2D eigenvalue weighted by Crippen LogP contribution is 2.15. The maximum atomic E-state index is 11.8. The molecule has 0 heterocycles. The summed E-state index contributed by atoms with van der Waals surface area (Å²) >= 11 is 3.35. The predicted octanol–water partition coefficient (Wildman–Crippen LogP) is 2.79. The second kappa shape index (κ2) is 5.66. The van der Waals surface area contributed by atoms with Crippen LogP contribution in [-0.4, -0.2) is 11.9 Å². The van der Waals surface area contributed by atoms with Crippen molar-refractivity contribution < 1.29 is 4.79 Å². The van der Waals surface area contributed by atoms with Gasteiger partial charge in [0.2, 0.25) is 0 Å². The number of halogens is 1. The lowest BCUT2D eigenvalue weighted by atomic mass is 10.1. The summed E-state index contributed by atoms with van der Waals surface area (Å²) in [5.74, 6) is -0.146. The number of nitrogens with zero attached hydrogens (tertiary/aromatic N) is 1. The maximum absolute atomic E-state index is 11.8. The van der Waals surface area contributed by atoms with Crippen LogP contribution in [0.1, 0.15) is 29.3 Å². The highest BCUT2D eigenvalue weighted by molar-refractivity contribution is 9.10. The van der Waals surface area contributed by atoms with Crippen LogP contribution >= 0.6 is 15.9 Å². The molecule has 1 rings (SSSR count). The highest BCUT2D eigenvalue weighted by atomic mass is 79.9. The first kappa shape index (κ1) is 12.7. The van der Waals surface area contributed by atoms with Crippen molar-refractivity contribution in [2.75, 3.05) is 0 Å². The maximum Gasteiger partial charge on any atom is 0.251 e. The summed E-state index contributed by atoms with van der Waals surface area (Å²) in [6, 6.07) is 7.42. The summed E-state index contributed by atoms with van der Waals surface area (Å²) in [7, 11) is 0. The number of hydrogen-bond acceptors (Lipinski definition) is 2. The Morgan fingerprint density at radius 2 is 2.25 bits per heavy atom.